The molecule has 2 aliphatic rings. The van der Waals surface area contributed by atoms with Gasteiger partial charge >= 0.3 is 0 Å². The lowest BCUT2D eigenvalue weighted by molar-refractivity contribution is 0.0288. The predicted octanol–water partition coefficient (Wildman–Crippen LogP) is 4.52. The number of hydrogen-bond donors (Lipinski definition) is 0. The van der Waals surface area contributed by atoms with Crippen LogP contribution in [0.1, 0.15) is 62.2 Å². The first-order valence-electron chi connectivity index (χ1n) is 7.64. The van der Waals surface area contributed by atoms with Crippen molar-refractivity contribution >= 4 is 5.78 Å². The van der Waals surface area contributed by atoms with E-state index in [-0.39, 0.29) is 17.2 Å². The monoisotopic (exact) mass is 276 g/mol. The number of hydrogen-bond acceptors (Lipinski definition) is 2. The van der Waals surface area contributed by atoms with Gasteiger partial charge in [0.05, 0.1) is 12.0 Å². The van der Waals surface area contributed by atoms with E-state index in [1.807, 2.05) is 0 Å². The first kappa shape index (κ1) is 13.6. The van der Waals surface area contributed by atoms with Crippen molar-refractivity contribution in [3.8, 4) is 5.75 Å². The van der Waals surface area contributed by atoms with E-state index in [0.29, 0.717) is 17.7 Å². The Kier molecular flexibility index (Phi) is 3.53. The van der Waals surface area contributed by atoms with Gasteiger partial charge in [0.1, 0.15) is 17.2 Å². The van der Waals surface area contributed by atoms with E-state index in [9.17, 15) is 9.18 Å². The Morgan fingerprint density at radius 2 is 2.20 bits per heavy atom. The molecule has 2 unspecified atom stereocenters. The highest BCUT2D eigenvalue weighted by Gasteiger charge is 2.41. The summed E-state index contributed by atoms with van der Waals surface area (Å²) in [5, 5.41) is 0. The molecule has 20 heavy (non-hydrogen) atoms. The van der Waals surface area contributed by atoms with Crippen molar-refractivity contribution in [1.82, 2.24) is 0 Å². The van der Waals surface area contributed by atoms with Gasteiger partial charge in [0, 0.05) is 0 Å². The standard InChI is InChI=1S/C17H21FO2/c1-2-12-4-3-8-17(9-7-12)11-15(19)14-10-13(18)5-6-16(14)20-17/h5-6,10,12H,2-4,7-9,11H2,1H3. The van der Waals surface area contributed by atoms with Crippen molar-refractivity contribution in [2.45, 2.75) is 57.5 Å². The van der Waals surface area contributed by atoms with Crippen LogP contribution in [0.5, 0.6) is 5.75 Å². The van der Waals surface area contributed by atoms with E-state index in [4.69, 9.17) is 4.74 Å². The first-order valence-corrected chi connectivity index (χ1v) is 7.64. The van der Waals surface area contributed by atoms with Gasteiger partial charge in [-0.25, -0.2) is 4.39 Å². The summed E-state index contributed by atoms with van der Waals surface area (Å²) in [6.07, 6.45) is 6.94. The van der Waals surface area contributed by atoms with Crippen LogP contribution >= 0.6 is 0 Å². The zero-order valence-electron chi connectivity index (χ0n) is 12.0. The molecule has 0 radical (unpaired) electrons. The van der Waals surface area contributed by atoms with Crippen molar-refractivity contribution < 1.29 is 13.9 Å². The second-order valence-electron chi connectivity index (χ2n) is 6.23. The number of rotatable bonds is 1. The summed E-state index contributed by atoms with van der Waals surface area (Å²) in [5.41, 5.74) is 0.0677. The Morgan fingerprint density at radius 3 is 3.00 bits per heavy atom. The smallest absolute Gasteiger partial charge is 0.170 e. The highest BCUT2D eigenvalue weighted by atomic mass is 19.1. The Morgan fingerprint density at radius 1 is 1.35 bits per heavy atom. The van der Waals surface area contributed by atoms with Gasteiger partial charge in [0.25, 0.3) is 0 Å². The maximum atomic E-state index is 13.3. The molecule has 1 aliphatic carbocycles. The van der Waals surface area contributed by atoms with Crippen LogP contribution in [0, 0.1) is 11.7 Å². The van der Waals surface area contributed by atoms with Crippen LogP contribution in [0.15, 0.2) is 18.2 Å². The summed E-state index contributed by atoms with van der Waals surface area (Å²) in [6.45, 7) is 2.23. The van der Waals surface area contributed by atoms with Gasteiger partial charge in [-0.3, -0.25) is 4.79 Å². The minimum Gasteiger partial charge on any atom is -0.486 e. The van der Waals surface area contributed by atoms with Crippen LogP contribution in [0.25, 0.3) is 0 Å². The summed E-state index contributed by atoms with van der Waals surface area (Å²) in [7, 11) is 0. The maximum absolute atomic E-state index is 13.3. The van der Waals surface area contributed by atoms with Crippen molar-refractivity contribution in [1.29, 1.82) is 0 Å². The molecule has 1 fully saturated rings. The first-order chi connectivity index (χ1) is 9.62. The average molecular weight is 276 g/mol. The quantitative estimate of drug-likeness (QED) is 0.753. The number of benzene rings is 1. The number of ether oxygens (including phenoxy) is 1. The van der Waals surface area contributed by atoms with Gasteiger partial charge < -0.3 is 4.74 Å². The van der Waals surface area contributed by atoms with Crippen LogP contribution in [-0.4, -0.2) is 11.4 Å². The molecular weight excluding hydrogens is 255 g/mol. The zero-order valence-corrected chi connectivity index (χ0v) is 12.0. The molecule has 1 saturated carbocycles. The Hall–Kier alpha value is -1.38. The largest absolute Gasteiger partial charge is 0.486 e. The van der Waals surface area contributed by atoms with Crippen LogP contribution in [0.3, 0.4) is 0 Å². The topological polar surface area (TPSA) is 26.3 Å². The average Bonchev–Trinajstić information content (AvgIpc) is 2.62. The van der Waals surface area contributed by atoms with Crippen molar-refractivity contribution in [2.24, 2.45) is 5.92 Å². The molecule has 0 saturated heterocycles. The minimum atomic E-state index is -0.372. The maximum Gasteiger partial charge on any atom is 0.170 e. The highest BCUT2D eigenvalue weighted by Crippen LogP contribution is 2.42. The molecule has 3 heteroatoms. The summed E-state index contributed by atoms with van der Waals surface area (Å²) in [6, 6.07) is 4.28. The number of Topliss-reactive ketones (excluding diaryl/α,β-unsaturated/α-hetero) is 1. The molecule has 2 nitrogen and oxygen atoms in total. The molecule has 0 N–H and O–H groups in total. The third kappa shape index (κ3) is 2.46. The van der Waals surface area contributed by atoms with Crippen molar-refractivity contribution in [3.05, 3.63) is 29.6 Å². The second kappa shape index (κ2) is 5.19. The predicted molar refractivity (Wildman–Crippen MR) is 75.6 cm³/mol. The number of ketones is 1. The second-order valence-corrected chi connectivity index (χ2v) is 6.23. The SMILES string of the molecule is CCC1CCCC2(CC1)CC(=O)c1cc(F)ccc1O2. The summed E-state index contributed by atoms with van der Waals surface area (Å²) in [5.74, 6) is 0.976. The Balaban J connectivity index is 1.87. The summed E-state index contributed by atoms with van der Waals surface area (Å²) < 4.78 is 19.4. The molecular formula is C17H21FO2. The van der Waals surface area contributed by atoms with Crippen LogP contribution in [0.2, 0.25) is 0 Å². The van der Waals surface area contributed by atoms with Gasteiger partial charge in [-0.15, -0.1) is 0 Å². The van der Waals surface area contributed by atoms with E-state index in [1.54, 1.807) is 6.07 Å². The van der Waals surface area contributed by atoms with Gasteiger partial charge in [-0.1, -0.05) is 19.8 Å². The molecule has 1 aliphatic heterocycles. The van der Waals surface area contributed by atoms with E-state index in [1.165, 1.54) is 25.0 Å². The van der Waals surface area contributed by atoms with Gasteiger partial charge in [0.2, 0.25) is 0 Å². The van der Waals surface area contributed by atoms with E-state index < -0.39 is 0 Å². The van der Waals surface area contributed by atoms with Gasteiger partial charge in [-0.2, -0.15) is 0 Å². The molecule has 1 aromatic rings. The lowest BCUT2D eigenvalue weighted by Gasteiger charge is -2.37. The normalized spacial score (nSPS) is 29.7. The number of carbonyl (C=O) groups excluding carboxylic acids is 1. The third-order valence-corrected chi connectivity index (χ3v) is 4.88. The lowest BCUT2D eigenvalue weighted by Crippen LogP contribution is -2.41. The Labute approximate surface area is 119 Å². The van der Waals surface area contributed by atoms with Crippen LogP contribution < -0.4 is 4.74 Å². The molecule has 108 valence electrons. The molecule has 1 aromatic carbocycles. The van der Waals surface area contributed by atoms with Crippen molar-refractivity contribution in [2.75, 3.05) is 0 Å². The van der Waals surface area contributed by atoms with Crippen molar-refractivity contribution in [3.63, 3.8) is 0 Å². The number of fused-ring (bicyclic) bond motifs is 1. The summed E-state index contributed by atoms with van der Waals surface area (Å²) in [4.78, 5) is 12.3. The van der Waals surface area contributed by atoms with E-state index in [2.05, 4.69) is 6.92 Å². The molecule has 0 aromatic heterocycles. The van der Waals surface area contributed by atoms with E-state index in [0.717, 1.165) is 31.6 Å². The Bertz CT molecular complexity index is 526. The summed E-state index contributed by atoms with van der Waals surface area (Å²) >= 11 is 0. The van der Waals surface area contributed by atoms with Gasteiger partial charge in [0.15, 0.2) is 5.78 Å². The molecule has 0 amide bonds. The minimum absolute atomic E-state index is 0.0284. The highest BCUT2D eigenvalue weighted by molar-refractivity contribution is 6.00. The number of carbonyl (C=O) groups is 1. The number of halogens is 1. The van der Waals surface area contributed by atoms with Gasteiger partial charge in [-0.05, 0) is 49.8 Å². The molecule has 1 heterocycles. The zero-order chi connectivity index (χ0) is 14.2. The molecule has 3 rings (SSSR count). The fourth-order valence-corrected chi connectivity index (χ4v) is 3.60. The van der Waals surface area contributed by atoms with E-state index >= 15 is 0 Å². The third-order valence-electron chi connectivity index (χ3n) is 4.88. The molecule has 2 atom stereocenters. The van der Waals surface area contributed by atoms with Crippen LogP contribution in [0.4, 0.5) is 4.39 Å². The lowest BCUT2D eigenvalue weighted by atomic mass is 9.84. The molecule has 1 spiro atoms. The fourth-order valence-electron chi connectivity index (χ4n) is 3.60. The van der Waals surface area contributed by atoms with Crippen LogP contribution in [-0.2, 0) is 0 Å². The molecule has 0 bridgehead atoms. The fraction of sp³-hybridized carbons (Fsp3) is 0.588.